The van der Waals surface area contributed by atoms with Crippen molar-refractivity contribution in [2.75, 3.05) is 50.6 Å². The summed E-state index contributed by atoms with van der Waals surface area (Å²) in [6, 6.07) is 32.9. The number of carbonyl (C=O) groups excluding carboxylic acids is 2. The lowest BCUT2D eigenvalue weighted by atomic mass is 10.0. The van der Waals surface area contributed by atoms with Crippen LogP contribution in [0.3, 0.4) is 0 Å². The molecular weight excluding hydrogens is 673 g/mol. The highest BCUT2D eigenvalue weighted by molar-refractivity contribution is 7.91. The van der Waals surface area contributed by atoms with Crippen molar-refractivity contribution in [3.8, 4) is 22.4 Å². The van der Waals surface area contributed by atoms with Crippen molar-refractivity contribution >= 4 is 27.3 Å². The van der Waals surface area contributed by atoms with Crippen molar-refractivity contribution < 1.29 is 18.0 Å². The summed E-state index contributed by atoms with van der Waals surface area (Å²) in [5.41, 5.74) is 7.24. The van der Waals surface area contributed by atoms with E-state index in [4.69, 9.17) is 4.98 Å². The van der Waals surface area contributed by atoms with Gasteiger partial charge in [-0.1, -0.05) is 78.9 Å². The molecule has 2 aliphatic heterocycles. The van der Waals surface area contributed by atoms with Gasteiger partial charge in [-0.05, 0) is 79.0 Å². The minimum Gasteiger partial charge on any atom is -0.340 e. The summed E-state index contributed by atoms with van der Waals surface area (Å²) in [5, 5.41) is 2.97. The predicted molar refractivity (Wildman–Crippen MR) is 204 cm³/mol. The summed E-state index contributed by atoms with van der Waals surface area (Å²) >= 11 is 0. The van der Waals surface area contributed by atoms with Crippen LogP contribution in [0.25, 0.3) is 22.4 Å². The Bertz CT molecular complexity index is 2100. The van der Waals surface area contributed by atoms with E-state index in [0.29, 0.717) is 37.4 Å². The Kier molecular flexibility index (Phi) is 10.4. The zero-order chi connectivity index (χ0) is 36.2. The quantitative estimate of drug-likeness (QED) is 0.177. The van der Waals surface area contributed by atoms with Crippen molar-refractivity contribution in [2.45, 2.75) is 31.5 Å². The molecule has 268 valence electrons. The van der Waals surface area contributed by atoms with Crippen LogP contribution in [0, 0.1) is 0 Å². The van der Waals surface area contributed by atoms with E-state index >= 15 is 0 Å². The van der Waals surface area contributed by atoms with Gasteiger partial charge in [0.05, 0.1) is 29.4 Å². The zero-order valence-corrected chi connectivity index (χ0v) is 30.4. The first-order chi connectivity index (χ1) is 25.1. The standard InChI is InChI=1S/C41H44N6O4S/c1-45(2)38(33-7-4-3-5-8-33)41(49)47-22-6-9-37(47)39-42-27-36(44-39)32-16-12-30(13-17-32)31-14-18-34(19-15-31)40(48)43-35-20-10-29(11-21-35)28-46-23-25-52(50,51)26-24-46/h3-5,7-8,10-21,27,37-38H,6,9,22-26,28H2,1-2H3,(H,42,44)(H,43,48)/t37-,38-/m1/s1. The van der Waals surface area contributed by atoms with Gasteiger partial charge in [0.15, 0.2) is 9.84 Å². The maximum Gasteiger partial charge on any atom is 0.255 e. The van der Waals surface area contributed by atoms with Gasteiger partial charge in [0.1, 0.15) is 11.9 Å². The van der Waals surface area contributed by atoms with Crippen LogP contribution in [0.1, 0.15) is 52.2 Å². The van der Waals surface area contributed by atoms with Crippen LogP contribution >= 0.6 is 0 Å². The van der Waals surface area contributed by atoms with E-state index < -0.39 is 9.84 Å². The van der Waals surface area contributed by atoms with Gasteiger partial charge in [0, 0.05) is 37.4 Å². The molecule has 0 spiro atoms. The van der Waals surface area contributed by atoms with Crippen LogP contribution in [0.15, 0.2) is 109 Å². The molecule has 0 aliphatic carbocycles. The maximum atomic E-state index is 13.8. The second-order valence-electron chi connectivity index (χ2n) is 13.9. The molecule has 2 fully saturated rings. The Labute approximate surface area is 305 Å². The van der Waals surface area contributed by atoms with E-state index in [0.717, 1.165) is 52.2 Å². The number of nitrogens with one attached hydrogen (secondary N) is 2. The highest BCUT2D eigenvalue weighted by Crippen LogP contribution is 2.35. The molecule has 3 heterocycles. The highest BCUT2D eigenvalue weighted by atomic mass is 32.2. The Hall–Kier alpha value is -5.10. The number of hydrogen-bond acceptors (Lipinski definition) is 7. The van der Waals surface area contributed by atoms with Gasteiger partial charge in [-0.2, -0.15) is 0 Å². The summed E-state index contributed by atoms with van der Waals surface area (Å²) in [5.74, 6) is 1.11. The van der Waals surface area contributed by atoms with Crippen molar-refractivity contribution in [2.24, 2.45) is 0 Å². The van der Waals surface area contributed by atoms with Crippen molar-refractivity contribution in [1.82, 2.24) is 24.7 Å². The number of likely N-dealkylation sites (N-methyl/N-ethyl adjacent to an activating group) is 1. The first-order valence-electron chi connectivity index (χ1n) is 17.7. The lowest BCUT2D eigenvalue weighted by Crippen LogP contribution is -2.40. The van der Waals surface area contributed by atoms with Gasteiger partial charge in [-0.3, -0.25) is 19.4 Å². The Morgan fingerprint density at radius 1 is 0.846 bits per heavy atom. The van der Waals surface area contributed by atoms with E-state index in [9.17, 15) is 18.0 Å². The fourth-order valence-electron chi connectivity index (χ4n) is 7.14. The number of rotatable bonds is 10. The molecule has 10 nitrogen and oxygen atoms in total. The molecule has 2 aliphatic rings. The van der Waals surface area contributed by atoms with Crippen LogP contribution in [0.4, 0.5) is 5.69 Å². The zero-order valence-electron chi connectivity index (χ0n) is 29.5. The number of carbonyl (C=O) groups is 2. The van der Waals surface area contributed by atoms with Gasteiger partial charge in [-0.25, -0.2) is 13.4 Å². The monoisotopic (exact) mass is 716 g/mol. The predicted octanol–water partition coefficient (Wildman–Crippen LogP) is 6.19. The molecule has 0 saturated carbocycles. The molecule has 5 aromatic rings. The lowest BCUT2D eigenvalue weighted by molar-refractivity contribution is -0.137. The van der Waals surface area contributed by atoms with Crippen LogP contribution in [-0.2, 0) is 21.2 Å². The molecule has 7 rings (SSSR count). The summed E-state index contributed by atoms with van der Waals surface area (Å²) in [7, 11) is 0.986. The molecular formula is C41H44N6O4S. The first-order valence-corrected chi connectivity index (χ1v) is 19.6. The minimum absolute atomic E-state index is 0.0886. The largest absolute Gasteiger partial charge is 0.340 e. The molecule has 2 atom stereocenters. The first kappa shape index (κ1) is 35.3. The fourth-order valence-corrected chi connectivity index (χ4v) is 8.42. The number of sulfone groups is 1. The third-order valence-corrected chi connectivity index (χ3v) is 11.7. The molecule has 2 amide bonds. The van der Waals surface area contributed by atoms with Gasteiger partial charge in [0.25, 0.3) is 5.91 Å². The number of hydrogen-bond donors (Lipinski definition) is 2. The van der Waals surface area contributed by atoms with Gasteiger partial charge >= 0.3 is 0 Å². The Morgan fingerprint density at radius 3 is 2.13 bits per heavy atom. The summed E-state index contributed by atoms with van der Waals surface area (Å²) in [6.45, 7) is 2.48. The number of amides is 2. The van der Waals surface area contributed by atoms with E-state index in [1.165, 1.54) is 0 Å². The molecule has 0 radical (unpaired) electrons. The van der Waals surface area contributed by atoms with Gasteiger partial charge in [0.2, 0.25) is 5.91 Å². The molecule has 11 heteroatoms. The van der Waals surface area contributed by atoms with E-state index in [2.05, 4.69) is 39.5 Å². The summed E-state index contributed by atoms with van der Waals surface area (Å²) in [4.78, 5) is 41.2. The normalized spacial score (nSPS) is 18.0. The molecule has 4 aromatic carbocycles. The number of nitrogens with zero attached hydrogens (tertiary/aromatic N) is 4. The highest BCUT2D eigenvalue weighted by Gasteiger charge is 2.37. The number of benzene rings is 4. The van der Waals surface area contributed by atoms with Crippen molar-refractivity contribution in [3.63, 3.8) is 0 Å². The molecule has 2 N–H and O–H groups in total. The molecule has 52 heavy (non-hydrogen) atoms. The number of H-pyrrole nitrogens is 1. The number of aromatic amines is 1. The van der Waals surface area contributed by atoms with Crippen LogP contribution in [-0.4, -0.2) is 90.1 Å². The van der Waals surface area contributed by atoms with Gasteiger partial charge < -0.3 is 15.2 Å². The average Bonchev–Trinajstić information content (AvgIpc) is 3.85. The molecule has 0 unspecified atom stereocenters. The third-order valence-electron chi connectivity index (χ3n) is 10.0. The fraction of sp³-hybridized carbons (Fsp3) is 0.293. The molecule has 0 bridgehead atoms. The van der Waals surface area contributed by atoms with Crippen LogP contribution < -0.4 is 5.32 Å². The van der Waals surface area contributed by atoms with Gasteiger partial charge in [-0.15, -0.1) is 0 Å². The number of likely N-dealkylation sites (tertiary alicyclic amines) is 1. The SMILES string of the molecule is CN(C)[C@@H](C(=O)N1CCC[C@@H]1c1ncc(-c2ccc(-c3ccc(C(=O)Nc4ccc(CN5CCS(=O)(=O)CC5)cc4)cc3)cc2)[nH]1)c1ccccc1. The van der Waals surface area contributed by atoms with Crippen molar-refractivity contribution in [1.29, 1.82) is 0 Å². The average molecular weight is 717 g/mol. The summed E-state index contributed by atoms with van der Waals surface area (Å²) < 4.78 is 23.4. The maximum absolute atomic E-state index is 13.8. The Morgan fingerprint density at radius 2 is 1.48 bits per heavy atom. The van der Waals surface area contributed by atoms with Crippen LogP contribution in [0.5, 0.6) is 0 Å². The van der Waals surface area contributed by atoms with E-state index in [-0.39, 0.29) is 35.4 Å². The molecule has 2 saturated heterocycles. The minimum atomic E-state index is -2.90. The summed E-state index contributed by atoms with van der Waals surface area (Å²) in [6.07, 6.45) is 3.64. The second kappa shape index (κ2) is 15.2. The molecule has 1 aromatic heterocycles. The Balaban J connectivity index is 0.957. The van der Waals surface area contributed by atoms with Crippen LogP contribution in [0.2, 0.25) is 0 Å². The smallest absolute Gasteiger partial charge is 0.255 e. The number of anilines is 1. The number of aromatic nitrogens is 2. The number of imidazole rings is 1. The van der Waals surface area contributed by atoms with Crippen molar-refractivity contribution in [3.05, 3.63) is 132 Å². The van der Waals surface area contributed by atoms with E-state index in [1.807, 2.05) is 109 Å². The topological polar surface area (TPSA) is 119 Å². The van der Waals surface area contributed by atoms with E-state index in [1.54, 1.807) is 0 Å². The lowest BCUT2D eigenvalue weighted by Gasteiger charge is -2.31. The second-order valence-corrected chi connectivity index (χ2v) is 16.2. The third kappa shape index (κ3) is 8.02.